The van der Waals surface area contributed by atoms with Crippen molar-refractivity contribution in [2.45, 2.75) is 19.9 Å². The molecule has 0 spiro atoms. The standard InChI is InChI=1S/C16H17BrClN/c1-10-4-5-12(8-11(10)2)16(19-3)13-6-7-14(17)15(18)9-13/h4-9,16,19H,1-3H3. The van der Waals surface area contributed by atoms with E-state index in [4.69, 9.17) is 11.6 Å². The van der Waals surface area contributed by atoms with Crippen LogP contribution >= 0.6 is 27.5 Å². The van der Waals surface area contributed by atoms with E-state index in [2.05, 4.69) is 59.4 Å². The molecule has 0 aliphatic carbocycles. The fourth-order valence-electron chi connectivity index (χ4n) is 2.16. The lowest BCUT2D eigenvalue weighted by atomic mass is 9.96. The van der Waals surface area contributed by atoms with Gasteiger partial charge in [-0.3, -0.25) is 0 Å². The van der Waals surface area contributed by atoms with Crippen molar-refractivity contribution in [3.05, 3.63) is 68.1 Å². The Morgan fingerprint density at radius 3 is 2.21 bits per heavy atom. The Kier molecular flexibility index (Phi) is 4.67. The van der Waals surface area contributed by atoms with Crippen molar-refractivity contribution in [1.82, 2.24) is 5.32 Å². The first kappa shape index (κ1) is 14.6. The molecule has 100 valence electrons. The molecule has 2 rings (SSSR count). The number of hydrogen-bond donors (Lipinski definition) is 1. The van der Waals surface area contributed by atoms with Gasteiger partial charge in [-0.05, 0) is 71.2 Å². The molecule has 1 atom stereocenters. The van der Waals surface area contributed by atoms with Gasteiger partial charge in [0.2, 0.25) is 0 Å². The molecule has 0 amide bonds. The van der Waals surface area contributed by atoms with Crippen LogP contribution in [0.25, 0.3) is 0 Å². The second-order valence-electron chi connectivity index (χ2n) is 4.74. The smallest absolute Gasteiger partial charge is 0.0574 e. The number of benzene rings is 2. The zero-order valence-electron chi connectivity index (χ0n) is 11.3. The van der Waals surface area contributed by atoms with Crippen molar-refractivity contribution in [2.24, 2.45) is 0 Å². The van der Waals surface area contributed by atoms with Gasteiger partial charge in [-0.15, -0.1) is 0 Å². The molecule has 19 heavy (non-hydrogen) atoms. The highest BCUT2D eigenvalue weighted by Crippen LogP contribution is 2.29. The molecule has 0 radical (unpaired) electrons. The van der Waals surface area contributed by atoms with Crippen LogP contribution in [0.5, 0.6) is 0 Å². The maximum atomic E-state index is 6.18. The summed E-state index contributed by atoms with van der Waals surface area (Å²) in [5.41, 5.74) is 5.04. The van der Waals surface area contributed by atoms with Crippen LogP contribution in [0, 0.1) is 13.8 Å². The number of nitrogens with one attached hydrogen (secondary N) is 1. The van der Waals surface area contributed by atoms with Crippen molar-refractivity contribution in [3.8, 4) is 0 Å². The quantitative estimate of drug-likeness (QED) is 0.828. The average Bonchev–Trinajstić information content (AvgIpc) is 2.39. The Hall–Kier alpha value is -0.830. The molecular weight excluding hydrogens is 322 g/mol. The van der Waals surface area contributed by atoms with Crippen LogP contribution < -0.4 is 5.32 Å². The predicted octanol–water partition coefficient (Wildman–Crippen LogP) is 5.03. The van der Waals surface area contributed by atoms with Gasteiger partial charge in [0.25, 0.3) is 0 Å². The fourth-order valence-corrected chi connectivity index (χ4v) is 2.60. The van der Waals surface area contributed by atoms with E-state index >= 15 is 0 Å². The van der Waals surface area contributed by atoms with Gasteiger partial charge in [0, 0.05) is 4.47 Å². The molecule has 2 aromatic rings. The van der Waals surface area contributed by atoms with Gasteiger partial charge in [0.05, 0.1) is 11.1 Å². The molecule has 0 aliphatic rings. The Bertz CT molecular complexity index is 544. The third-order valence-corrected chi connectivity index (χ3v) is 4.66. The largest absolute Gasteiger partial charge is 0.309 e. The van der Waals surface area contributed by atoms with Crippen LogP contribution in [0.3, 0.4) is 0 Å². The first-order chi connectivity index (χ1) is 9.02. The Balaban J connectivity index is 2.43. The van der Waals surface area contributed by atoms with E-state index in [-0.39, 0.29) is 6.04 Å². The lowest BCUT2D eigenvalue weighted by Gasteiger charge is -2.19. The second kappa shape index (κ2) is 6.08. The normalized spacial score (nSPS) is 12.5. The predicted molar refractivity (Wildman–Crippen MR) is 86.0 cm³/mol. The lowest BCUT2D eigenvalue weighted by molar-refractivity contribution is 0.691. The summed E-state index contributed by atoms with van der Waals surface area (Å²) >= 11 is 9.61. The summed E-state index contributed by atoms with van der Waals surface area (Å²) in [7, 11) is 1.97. The minimum atomic E-state index is 0.157. The van der Waals surface area contributed by atoms with E-state index in [9.17, 15) is 0 Å². The lowest BCUT2D eigenvalue weighted by Crippen LogP contribution is -2.17. The van der Waals surface area contributed by atoms with E-state index in [0.29, 0.717) is 0 Å². The van der Waals surface area contributed by atoms with Crippen LogP contribution in [0.4, 0.5) is 0 Å². The molecule has 1 N–H and O–H groups in total. The molecule has 0 saturated carbocycles. The molecule has 3 heteroatoms. The van der Waals surface area contributed by atoms with E-state index in [1.807, 2.05) is 19.2 Å². The number of hydrogen-bond acceptors (Lipinski definition) is 1. The third kappa shape index (κ3) is 3.19. The van der Waals surface area contributed by atoms with Gasteiger partial charge >= 0.3 is 0 Å². The number of halogens is 2. The highest BCUT2D eigenvalue weighted by atomic mass is 79.9. The second-order valence-corrected chi connectivity index (χ2v) is 6.00. The molecule has 0 aliphatic heterocycles. The molecule has 0 saturated heterocycles. The monoisotopic (exact) mass is 337 g/mol. The van der Waals surface area contributed by atoms with Crippen molar-refractivity contribution in [1.29, 1.82) is 0 Å². The molecule has 0 aromatic heterocycles. The van der Waals surface area contributed by atoms with Gasteiger partial charge in [-0.1, -0.05) is 35.9 Å². The zero-order chi connectivity index (χ0) is 14.0. The molecule has 0 heterocycles. The Morgan fingerprint density at radius 1 is 1.00 bits per heavy atom. The maximum absolute atomic E-state index is 6.18. The fraction of sp³-hybridized carbons (Fsp3) is 0.250. The summed E-state index contributed by atoms with van der Waals surface area (Å²) in [5, 5.41) is 4.09. The summed E-state index contributed by atoms with van der Waals surface area (Å²) in [5.74, 6) is 0. The van der Waals surface area contributed by atoms with Crippen LogP contribution in [0.1, 0.15) is 28.3 Å². The minimum absolute atomic E-state index is 0.157. The molecule has 2 aromatic carbocycles. The molecule has 0 fully saturated rings. The van der Waals surface area contributed by atoms with Gasteiger partial charge < -0.3 is 5.32 Å². The van der Waals surface area contributed by atoms with Crippen LogP contribution in [0.15, 0.2) is 40.9 Å². The van der Waals surface area contributed by atoms with Crippen LogP contribution in [-0.2, 0) is 0 Å². The number of aryl methyl sites for hydroxylation is 2. The van der Waals surface area contributed by atoms with Gasteiger partial charge in [0.1, 0.15) is 0 Å². The first-order valence-corrected chi connectivity index (χ1v) is 7.39. The summed E-state index contributed by atoms with van der Waals surface area (Å²) in [6.45, 7) is 4.27. The SMILES string of the molecule is CNC(c1ccc(C)c(C)c1)c1ccc(Br)c(Cl)c1. The van der Waals surface area contributed by atoms with E-state index in [0.717, 1.165) is 9.50 Å². The Morgan fingerprint density at radius 2 is 1.63 bits per heavy atom. The minimum Gasteiger partial charge on any atom is -0.309 e. The third-order valence-electron chi connectivity index (χ3n) is 3.43. The first-order valence-electron chi connectivity index (χ1n) is 6.22. The highest BCUT2D eigenvalue weighted by molar-refractivity contribution is 9.10. The van der Waals surface area contributed by atoms with Crippen LogP contribution in [-0.4, -0.2) is 7.05 Å². The molecule has 1 unspecified atom stereocenters. The van der Waals surface area contributed by atoms with E-state index < -0.39 is 0 Å². The van der Waals surface area contributed by atoms with Gasteiger partial charge in [-0.25, -0.2) is 0 Å². The highest BCUT2D eigenvalue weighted by Gasteiger charge is 2.13. The van der Waals surface area contributed by atoms with E-state index in [1.54, 1.807) is 0 Å². The molecule has 0 bridgehead atoms. The zero-order valence-corrected chi connectivity index (χ0v) is 13.6. The summed E-state index contributed by atoms with van der Waals surface area (Å²) < 4.78 is 0.924. The molecular formula is C16H17BrClN. The number of rotatable bonds is 3. The van der Waals surface area contributed by atoms with Crippen LogP contribution in [0.2, 0.25) is 5.02 Å². The van der Waals surface area contributed by atoms with Gasteiger partial charge in [-0.2, -0.15) is 0 Å². The van der Waals surface area contributed by atoms with Crippen molar-refractivity contribution in [3.63, 3.8) is 0 Å². The summed E-state index contributed by atoms with van der Waals surface area (Å²) in [6, 6.07) is 12.8. The van der Waals surface area contributed by atoms with Crippen molar-refractivity contribution >= 4 is 27.5 Å². The molecule has 1 nitrogen and oxygen atoms in total. The Labute approximate surface area is 128 Å². The maximum Gasteiger partial charge on any atom is 0.0574 e. The summed E-state index contributed by atoms with van der Waals surface area (Å²) in [4.78, 5) is 0. The van der Waals surface area contributed by atoms with E-state index in [1.165, 1.54) is 22.3 Å². The van der Waals surface area contributed by atoms with Crippen molar-refractivity contribution in [2.75, 3.05) is 7.05 Å². The summed E-state index contributed by atoms with van der Waals surface area (Å²) in [6.07, 6.45) is 0. The average molecular weight is 339 g/mol. The topological polar surface area (TPSA) is 12.0 Å². The van der Waals surface area contributed by atoms with Crippen molar-refractivity contribution < 1.29 is 0 Å². The van der Waals surface area contributed by atoms with Gasteiger partial charge in [0.15, 0.2) is 0 Å².